The summed E-state index contributed by atoms with van der Waals surface area (Å²) in [7, 11) is 2.29. The van der Waals surface area contributed by atoms with E-state index in [2.05, 4.69) is 25.8 Å². The second kappa shape index (κ2) is 3.82. The average molecular weight is 197 g/mol. The third kappa shape index (κ3) is 1.59. The predicted molar refractivity (Wildman–Crippen MR) is 58.4 cm³/mol. The van der Waals surface area contributed by atoms with E-state index in [1.807, 2.05) is 0 Å². The van der Waals surface area contributed by atoms with Crippen LogP contribution in [0.2, 0.25) is 0 Å². The van der Waals surface area contributed by atoms with Gasteiger partial charge in [-0.25, -0.2) is 0 Å². The molecule has 0 radical (unpaired) electrons. The van der Waals surface area contributed by atoms with E-state index in [9.17, 15) is 0 Å². The smallest absolute Gasteiger partial charge is 0.0651 e. The molecule has 2 fully saturated rings. The van der Waals surface area contributed by atoms with Gasteiger partial charge >= 0.3 is 0 Å². The Hall–Kier alpha value is -0.0800. The molecule has 0 N–H and O–H groups in total. The lowest BCUT2D eigenvalue weighted by atomic mass is 9.85. The van der Waals surface area contributed by atoms with E-state index in [4.69, 9.17) is 4.74 Å². The molecule has 3 unspecified atom stereocenters. The Labute approximate surface area is 87.6 Å². The van der Waals surface area contributed by atoms with Crippen molar-refractivity contribution in [2.45, 2.75) is 51.1 Å². The van der Waals surface area contributed by atoms with Gasteiger partial charge in [0.15, 0.2) is 0 Å². The first-order valence-corrected chi connectivity index (χ1v) is 5.98. The normalized spacial score (nSPS) is 40.1. The number of likely N-dealkylation sites (N-methyl/N-ethyl adjacent to an activating group) is 1. The maximum absolute atomic E-state index is 5.73. The van der Waals surface area contributed by atoms with Crippen LogP contribution < -0.4 is 0 Å². The van der Waals surface area contributed by atoms with Crippen molar-refractivity contribution in [1.82, 2.24) is 4.90 Å². The molecule has 3 atom stereocenters. The van der Waals surface area contributed by atoms with Crippen LogP contribution in [0.3, 0.4) is 0 Å². The molecule has 0 aromatic rings. The van der Waals surface area contributed by atoms with Crippen molar-refractivity contribution in [2.24, 2.45) is 5.92 Å². The molecule has 0 aromatic carbocycles. The summed E-state index contributed by atoms with van der Waals surface area (Å²) in [6.07, 6.45) is 5.29. The van der Waals surface area contributed by atoms with Gasteiger partial charge in [-0.15, -0.1) is 0 Å². The summed E-state index contributed by atoms with van der Waals surface area (Å²) in [5.41, 5.74) is 0.387. The van der Waals surface area contributed by atoms with Crippen molar-refractivity contribution in [1.29, 1.82) is 0 Å². The molecule has 0 spiro atoms. The quantitative estimate of drug-likeness (QED) is 0.688. The minimum atomic E-state index is 0.387. The van der Waals surface area contributed by atoms with Gasteiger partial charge in [0.25, 0.3) is 0 Å². The molecule has 2 saturated heterocycles. The topological polar surface area (TPSA) is 12.5 Å². The molecule has 2 aliphatic rings. The zero-order valence-electron chi connectivity index (χ0n) is 9.75. The first kappa shape index (κ1) is 10.4. The number of nitrogens with zero attached hydrogens (tertiary/aromatic N) is 1. The Bertz CT molecular complexity index is 202. The summed E-state index contributed by atoms with van der Waals surface area (Å²) in [5, 5.41) is 0. The van der Waals surface area contributed by atoms with Crippen LogP contribution in [-0.2, 0) is 4.74 Å². The van der Waals surface area contributed by atoms with Gasteiger partial charge in [0.2, 0.25) is 0 Å². The van der Waals surface area contributed by atoms with Crippen LogP contribution in [0, 0.1) is 5.92 Å². The highest BCUT2D eigenvalue weighted by Gasteiger charge is 2.47. The summed E-state index contributed by atoms with van der Waals surface area (Å²) in [6, 6.07) is 0.702. The molecular weight excluding hydrogens is 174 g/mol. The zero-order valence-corrected chi connectivity index (χ0v) is 9.75. The van der Waals surface area contributed by atoms with Crippen LogP contribution in [0.5, 0.6) is 0 Å². The number of hydrogen-bond donors (Lipinski definition) is 0. The highest BCUT2D eigenvalue weighted by atomic mass is 16.5. The molecule has 82 valence electrons. The van der Waals surface area contributed by atoms with Crippen molar-refractivity contribution >= 4 is 0 Å². The highest BCUT2D eigenvalue weighted by Crippen LogP contribution is 2.41. The number of rotatable bonds is 3. The zero-order chi connectivity index (χ0) is 10.2. The molecule has 2 nitrogen and oxygen atoms in total. The summed E-state index contributed by atoms with van der Waals surface area (Å²) in [6.45, 7) is 6.57. The van der Waals surface area contributed by atoms with Gasteiger partial charge in [-0.1, -0.05) is 20.3 Å². The van der Waals surface area contributed by atoms with Gasteiger partial charge < -0.3 is 4.74 Å². The van der Waals surface area contributed by atoms with Crippen molar-refractivity contribution in [3.8, 4) is 0 Å². The fraction of sp³-hybridized carbons (Fsp3) is 1.00. The van der Waals surface area contributed by atoms with Gasteiger partial charge in [0, 0.05) is 11.6 Å². The van der Waals surface area contributed by atoms with Crippen molar-refractivity contribution in [3.05, 3.63) is 0 Å². The molecule has 2 aliphatic heterocycles. The van der Waals surface area contributed by atoms with E-state index in [-0.39, 0.29) is 0 Å². The van der Waals surface area contributed by atoms with E-state index in [1.165, 1.54) is 25.7 Å². The van der Waals surface area contributed by atoms with Crippen LogP contribution >= 0.6 is 0 Å². The van der Waals surface area contributed by atoms with Crippen LogP contribution in [0.4, 0.5) is 0 Å². The fourth-order valence-electron chi connectivity index (χ4n) is 3.04. The van der Waals surface area contributed by atoms with Crippen LogP contribution in [0.25, 0.3) is 0 Å². The maximum Gasteiger partial charge on any atom is 0.0651 e. The number of ether oxygens (including phenoxy) is 1. The number of morpholine rings is 1. The van der Waals surface area contributed by atoms with Crippen molar-refractivity contribution < 1.29 is 4.74 Å². The lowest BCUT2D eigenvalue weighted by molar-refractivity contribution is -0.0636. The Kier molecular flexibility index (Phi) is 2.85. The van der Waals surface area contributed by atoms with Crippen molar-refractivity contribution in [3.63, 3.8) is 0 Å². The van der Waals surface area contributed by atoms with E-state index >= 15 is 0 Å². The Morgan fingerprint density at radius 2 is 2.36 bits per heavy atom. The van der Waals surface area contributed by atoms with Gasteiger partial charge in [0.05, 0.1) is 13.2 Å². The first-order chi connectivity index (χ1) is 6.68. The molecule has 14 heavy (non-hydrogen) atoms. The molecular formula is C12H23NO. The van der Waals surface area contributed by atoms with E-state index in [0.29, 0.717) is 11.6 Å². The predicted octanol–water partition coefficient (Wildman–Crippen LogP) is 2.29. The minimum Gasteiger partial charge on any atom is -0.378 e. The summed E-state index contributed by atoms with van der Waals surface area (Å²) >= 11 is 0. The van der Waals surface area contributed by atoms with E-state index in [1.54, 1.807) is 0 Å². The third-order valence-corrected chi connectivity index (χ3v) is 4.35. The number of fused-ring (bicyclic) bond motifs is 2. The summed E-state index contributed by atoms with van der Waals surface area (Å²) in [5.74, 6) is 0.831. The molecule has 2 bridgehead atoms. The standard InChI is InChI=1S/C12H23NO/c1-4-10(2)7-12-6-5-11(13(12)3)8-14-9-12/h10-11H,4-9H2,1-3H3. The van der Waals surface area contributed by atoms with E-state index < -0.39 is 0 Å². The molecule has 0 aromatic heterocycles. The van der Waals surface area contributed by atoms with Crippen LogP contribution in [-0.4, -0.2) is 36.7 Å². The fourth-order valence-corrected chi connectivity index (χ4v) is 3.04. The van der Waals surface area contributed by atoms with Crippen LogP contribution in [0.1, 0.15) is 39.5 Å². The Morgan fingerprint density at radius 1 is 1.57 bits per heavy atom. The van der Waals surface area contributed by atoms with Crippen LogP contribution in [0.15, 0.2) is 0 Å². The average Bonchev–Trinajstić information content (AvgIpc) is 2.41. The Balaban J connectivity index is 2.06. The maximum atomic E-state index is 5.73. The largest absolute Gasteiger partial charge is 0.378 e. The SMILES string of the molecule is CCC(C)CC12CCC(COC1)N2C. The van der Waals surface area contributed by atoms with Gasteiger partial charge in [-0.05, 0) is 32.2 Å². The molecule has 2 heteroatoms. The highest BCUT2D eigenvalue weighted by molar-refractivity contribution is 5.02. The lowest BCUT2D eigenvalue weighted by Gasteiger charge is -2.43. The van der Waals surface area contributed by atoms with Gasteiger partial charge in [-0.2, -0.15) is 0 Å². The number of hydrogen-bond acceptors (Lipinski definition) is 2. The van der Waals surface area contributed by atoms with Gasteiger partial charge in [0.1, 0.15) is 0 Å². The Morgan fingerprint density at radius 3 is 3.07 bits per heavy atom. The molecule has 0 amide bonds. The second-order valence-corrected chi connectivity index (χ2v) is 5.26. The molecule has 2 heterocycles. The van der Waals surface area contributed by atoms with Crippen molar-refractivity contribution in [2.75, 3.05) is 20.3 Å². The summed E-state index contributed by atoms with van der Waals surface area (Å²) in [4.78, 5) is 2.60. The first-order valence-electron chi connectivity index (χ1n) is 5.98. The molecule has 2 rings (SSSR count). The third-order valence-electron chi connectivity index (χ3n) is 4.35. The lowest BCUT2D eigenvalue weighted by Crippen LogP contribution is -2.54. The minimum absolute atomic E-state index is 0.387. The second-order valence-electron chi connectivity index (χ2n) is 5.26. The monoisotopic (exact) mass is 197 g/mol. The summed E-state index contributed by atoms with van der Waals surface area (Å²) < 4.78 is 5.73. The van der Waals surface area contributed by atoms with E-state index in [0.717, 1.165) is 19.1 Å². The van der Waals surface area contributed by atoms with Gasteiger partial charge in [-0.3, -0.25) is 4.90 Å². The molecule has 0 saturated carbocycles. The molecule has 0 aliphatic carbocycles.